The SMILES string of the molecule is Cc1cc2c3c(c1)N(c1cccc4oc5cc(C(C)(C)C)ccc5c14)c1cc(N(c4ccccc4)c4ccccc4)ccc1B3c1cc3c(cc1N2c1ccc2c(c1)C(C)(C)CCC2(C)C)C(C)(C)CCC3(C)C. The van der Waals surface area contributed by atoms with Crippen LogP contribution in [0.25, 0.3) is 21.9 Å². The van der Waals surface area contributed by atoms with Crippen molar-refractivity contribution in [3.05, 3.63) is 191 Å². The summed E-state index contributed by atoms with van der Waals surface area (Å²) >= 11 is 0. The zero-order chi connectivity index (χ0) is 51.4. The topological polar surface area (TPSA) is 22.9 Å². The summed E-state index contributed by atoms with van der Waals surface area (Å²) in [7, 11) is 0. The third-order valence-corrected chi connectivity index (χ3v) is 18.1. The maximum atomic E-state index is 6.92. The fourth-order valence-corrected chi connectivity index (χ4v) is 13.6. The summed E-state index contributed by atoms with van der Waals surface area (Å²) in [4.78, 5) is 7.70. The van der Waals surface area contributed by atoms with Crippen molar-refractivity contribution < 1.29 is 4.42 Å². The Morgan fingerprint density at radius 1 is 0.459 bits per heavy atom. The van der Waals surface area contributed by atoms with E-state index in [1.807, 2.05) is 0 Å². The van der Waals surface area contributed by atoms with Gasteiger partial charge in [0.25, 0.3) is 6.71 Å². The van der Waals surface area contributed by atoms with Crippen LogP contribution in [0.3, 0.4) is 0 Å². The highest BCUT2D eigenvalue weighted by Gasteiger charge is 2.48. The standard InChI is InChI=1S/C69H70BN3O/c1-43-36-59-64-60(37-43)73(56-24-19-25-61-63(56)49-29-26-44(65(2,3)4)38-62(49)74-61)57-40-48(71(45-20-15-13-16-21-45)46-22-17-14-18-23-46)28-31-54(57)70(64)55-41-52-53(69(11,12)35-34-68(52,9)10)42-58(55)72(59)47-27-30-50-51(39-47)67(7,8)33-32-66(50,5)6/h13-31,36-42H,32-35H2,1-12H3. The lowest BCUT2D eigenvalue weighted by atomic mass is 9.33. The fourth-order valence-electron chi connectivity index (χ4n) is 13.6. The number of para-hydroxylation sites is 2. The molecule has 13 rings (SSSR count). The molecule has 5 heteroatoms. The summed E-state index contributed by atoms with van der Waals surface area (Å²) in [6.07, 6.45) is 4.66. The van der Waals surface area contributed by atoms with Crippen LogP contribution in [0.2, 0.25) is 0 Å². The Morgan fingerprint density at radius 3 is 1.68 bits per heavy atom. The van der Waals surface area contributed by atoms with Crippen LogP contribution < -0.4 is 31.1 Å². The van der Waals surface area contributed by atoms with E-state index in [9.17, 15) is 0 Å². The predicted octanol–water partition coefficient (Wildman–Crippen LogP) is 17.4. The van der Waals surface area contributed by atoms with Gasteiger partial charge in [0.2, 0.25) is 0 Å². The van der Waals surface area contributed by atoms with Gasteiger partial charge in [-0.05, 0) is 194 Å². The average molecular weight is 968 g/mol. The molecule has 9 aromatic rings. The molecule has 0 fully saturated rings. The summed E-state index contributed by atoms with van der Waals surface area (Å²) in [5.41, 5.74) is 25.1. The molecule has 2 aliphatic carbocycles. The van der Waals surface area contributed by atoms with Crippen LogP contribution in [0, 0.1) is 6.92 Å². The van der Waals surface area contributed by atoms with Gasteiger partial charge in [-0.15, -0.1) is 0 Å². The van der Waals surface area contributed by atoms with E-state index in [-0.39, 0.29) is 33.8 Å². The van der Waals surface area contributed by atoms with Gasteiger partial charge in [0, 0.05) is 50.9 Å². The largest absolute Gasteiger partial charge is 0.456 e. The Kier molecular flexibility index (Phi) is 10.1. The molecule has 0 unspecified atom stereocenters. The molecule has 0 saturated heterocycles. The molecule has 370 valence electrons. The predicted molar refractivity (Wildman–Crippen MR) is 316 cm³/mol. The van der Waals surface area contributed by atoms with Gasteiger partial charge in [-0.25, -0.2) is 0 Å². The Labute approximate surface area is 440 Å². The van der Waals surface area contributed by atoms with E-state index in [2.05, 4.69) is 256 Å². The minimum Gasteiger partial charge on any atom is -0.456 e. The van der Waals surface area contributed by atoms with Crippen LogP contribution in [-0.2, 0) is 27.1 Å². The number of benzene rings is 8. The molecular formula is C69H70BN3O. The second kappa shape index (κ2) is 16.0. The first-order chi connectivity index (χ1) is 35.2. The second-order valence-corrected chi connectivity index (χ2v) is 26.0. The first-order valence-corrected chi connectivity index (χ1v) is 27.3. The van der Waals surface area contributed by atoms with Gasteiger partial charge in [-0.3, -0.25) is 0 Å². The van der Waals surface area contributed by atoms with Crippen LogP contribution in [-0.4, -0.2) is 6.71 Å². The van der Waals surface area contributed by atoms with E-state index < -0.39 is 0 Å². The van der Waals surface area contributed by atoms with Crippen molar-refractivity contribution in [1.29, 1.82) is 0 Å². The van der Waals surface area contributed by atoms with Gasteiger partial charge in [-0.2, -0.15) is 0 Å². The van der Waals surface area contributed by atoms with Gasteiger partial charge in [-0.1, -0.05) is 149 Å². The normalized spacial score (nSPS) is 17.6. The highest BCUT2D eigenvalue weighted by Crippen LogP contribution is 2.54. The van der Waals surface area contributed by atoms with Crippen molar-refractivity contribution in [2.24, 2.45) is 0 Å². The Balaban J connectivity index is 1.14. The van der Waals surface area contributed by atoms with E-state index in [1.165, 1.54) is 84.6 Å². The summed E-state index contributed by atoms with van der Waals surface area (Å²) in [6.45, 7) is 28.8. The first kappa shape index (κ1) is 46.8. The van der Waals surface area contributed by atoms with Crippen molar-refractivity contribution in [3.63, 3.8) is 0 Å². The van der Waals surface area contributed by atoms with E-state index in [1.54, 1.807) is 0 Å². The number of hydrogen-bond donors (Lipinski definition) is 0. The van der Waals surface area contributed by atoms with Gasteiger partial charge >= 0.3 is 0 Å². The van der Waals surface area contributed by atoms with Crippen molar-refractivity contribution in [2.45, 2.75) is 136 Å². The molecule has 3 heterocycles. The number of furan rings is 1. The quantitative estimate of drug-likeness (QED) is 0.160. The van der Waals surface area contributed by atoms with Crippen LogP contribution in [0.4, 0.5) is 51.2 Å². The maximum absolute atomic E-state index is 6.92. The van der Waals surface area contributed by atoms with Crippen molar-refractivity contribution in [3.8, 4) is 0 Å². The van der Waals surface area contributed by atoms with E-state index in [0.717, 1.165) is 64.0 Å². The monoisotopic (exact) mass is 968 g/mol. The van der Waals surface area contributed by atoms with E-state index in [0.29, 0.717) is 0 Å². The van der Waals surface area contributed by atoms with Gasteiger partial charge in [0.15, 0.2) is 0 Å². The molecule has 0 saturated carbocycles. The summed E-state index contributed by atoms with van der Waals surface area (Å²) in [6, 6.07) is 60.3. The Hall–Kier alpha value is -6.98. The summed E-state index contributed by atoms with van der Waals surface area (Å²) in [5.74, 6) is 0. The molecule has 1 aromatic heterocycles. The molecule has 4 aliphatic rings. The summed E-state index contributed by atoms with van der Waals surface area (Å²) < 4.78 is 6.92. The maximum Gasteiger partial charge on any atom is 0.252 e. The number of rotatable bonds is 5. The molecule has 0 N–H and O–H groups in total. The molecule has 4 nitrogen and oxygen atoms in total. The van der Waals surface area contributed by atoms with Crippen molar-refractivity contribution >= 4 is 96.2 Å². The number of fused-ring (bicyclic) bond motifs is 9. The number of nitrogens with zero attached hydrogens (tertiary/aromatic N) is 3. The molecule has 0 atom stereocenters. The molecule has 0 bridgehead atoms. The minimum atomic E-state index is -0.0390. The Bertz CT molecular complexity index is 3720. The lowest BCUT2D eigenvalue weighted by molar-refractivity contribution is 0.332. The zero-order valence-corrected chi connectivity index (χ0v) is 45.7. The lowest BCUT2D eigenvalue weighted by Crippen LogP contribution is -2.62. The molecule has 0 amide bonds. The lowest BCUT2D eigenvalue weighted by Gasteiger charge is -2.48. The number of aryl methyl sites for hydroxylation is 1. The fraction of sp³-hybridized carbons (Fsp3) is 0.304. The first-order valence-electron chi connectivity index (χ1n) is 27.3. The number of hydrogen-bond acceptors (Lipinski definition) is 4. The summed E-state index contributed by atoms with van der Waals surface area (Å²) in [5, 5.41) is 2.25. The molecule has 0 radical (unpaired) electrons. The van der Waals surface area contributed by atoms with Gasteiger partial charge in [0.1, 0.15) is 11.2 Å². The van der Waals surface area contributed by atoms with E-state index >= 15 is 0 Å². The zero-order valence-electron chi connectivity index (χ0n) is 45.7. The molecule has 0 spiro atoms. The van der Waals surface area contributed by atoms with Crippen molar-refractivity contribution in [2.75, 3.05) is 14.7 Å². The third kappa shape index (κ3) is 7.08. The highest BCUT2D eigenvalue weighted by atomic mass is 16.3. The van der Waals surface area contributed by atoms with Crippen LogP contribution in [0.5, 0.6) is 0 Å². The van der Waals surface area contributed by atoms with Crippen LogP contribution in [0.1, 0.15) is 135 Å². The van der Waals surface area contributed by atoms with Gasteiger partial charge < -0.3 is 19.1 Å². The van der Waals surface area contributed by atoms with Crippen LogP contribution >= 0.6 is 0 Å². The van der Waals surface area contributed by atoms with Crippen LogP contribution in [0.15, 0.2) is 162 Å². The minimum absolute atomic E-state index is 0.0202. The second-order valence-electron chi connectivity index (χ2n) is 26.0. The Morgan fingerprint density at radius 2 is 1.04 bits per heavy atom. The van der Waals surface area contributed by atoms with Crippen molar-refractivity contribution in [1.82, 2.24) is 0 Å². The average Bonchev–Trinajstić information content (AvgIpc) is 3.76. The smallest absolute Gasteiger partial charge is 0.252 e. The molecule has 74 heavy (non-hydrogen) atoms. The number of anilines is 9. The molecular weight excluding hydrogens is 898 g/mol. The third-order valence-electron chi connectivity index (χ3n) is 18.1. The van der Waals surface area contributed by atoms with E-state index in [4.69, 9.17) is 4.42 Å². The molecule has 8 aromatic carbocycles. The molecule has 2 aliphatic heterocycles. The van der Waals surface area contributed by atoms with Gasteiger partial charge in [0.05, 0.1) is 11.1 Å². The highest BCUT2D eigenvalue weighted by molar-refractivity contribution is 7.00.